The average Bonchev–Trinajstić information content (AvgIpc) is 2.86. The minimum atomic E-state index is -1.84. The van der Waals surface area contributed by atoms with E-state index in [0.29, 0.717) is 24.5 Å². The minimum Gasteiger partial charge on any atom is -0.477 e. The molecule has 37 heavy (non-hydrogen) atoms. The van der Waals surface area contributed by atoms with Gasteiger partial charge in [0, 0.05) is 56.6 Å². The van der Waals surface area contributed by atoms with Crippen molar-refractivity contribution in [2.75, 3.05) is 32.0 Å². The lowest BCUT2D eigenvalue weighted by molar-refractivity contribution is -0.143. The van der Waals surface area contributed by atoms with Gasteiger partial charge in [-0.25, -0.2) is 9.79 Å². The number of likely N-dealkylation sites (N-methyl/N-ethyl adjacent to an activating group) is 1. The van der Waals surface area contributed by atoms with Gasteiger partial charge in [-0.1, -0.05) is 38.1 Å². The van der Waals surface area contributed by atoms with Crippen molar-refractivity contribution >= 4 is 23.9 Å². The van der Waals surface area contributed by atoms with Crippen LogP contribution in [0.3, 0.4) is 0 Å². The van der Waals surface area contributed by atoms with Crippen molar-refractivity contribution in [2.45, 2.75) is 52.1 Å². The molecule has 0 bridgehead atoms. The van der Waals surface area contributed by atoms with Crippen molar-refractivity contribution in [2.24, 2.45) is 10.9 Å². The van der Waals surface area contributed by atoms with Crippen LogP contribution in [0.1, 0.15) is 56.5 Å². The van der Waals surface area contributed by atoms with Crippen molar-refractivity contribution < 1.29 is 14.7 Å². The summed E-state index contributed by atoms with van der Waals surface area (Å²) < 4.78 is 1.60. The highest BCUT2D eigenvalue weighted by molar-refractivity contribution is 5.95. The van der Waals surface area contributed by atoms with Crippen molar-refractivity contribution in [3.8, 4) is 0 Å². The Balaban J connectivity index is 1.53. The van der Waals surface area contributed by atoms with Crippen molar-refractivity contribution in [3.63, 3.8) is 0 Å². The molecule has 0 radical (unpaired) electrons. The Kier molecular flexibility index (Phi) is 7.52. The van der Waals surface area contributed by atoms with Crippen LogP contribution >= 0.6 is 0 Å². The van der Waals surface area contributed by atoms with Crippen molar-refractivity contribution in [3.05, 3.63) is 63.4 Å². The quantitative estimate of drug-likeness (QED) is 0.500. The molecular weight excluding hydrogens is 472 g/mol. The fraction of sp³-hybridized carbons (Fsp3) is 0.481. The molecule has 3 N–H and O–H groups in total. The molecule has 10 heteroatoms. The van der Waals surface area contributed by atoms with E-state index in [-0.39, 0.29) is 29.5 Å². The maximum Gasteiger partial charge on any atom is 0.368 e. The zero-order valence-corrected chi connectivity index (χ0v) is 22.1. The molecule has 1 fully saturated rings. The molecule has 3 atom stereocenters. The van der Waals surface area contributed by atoms with Gasteiger partial charge in [-0.2, -0.15) is 0 Å². The summed E-state index contributed by atoms with van der Waals surface area (Å²) in [4.78, 5) is 45.5. The lowest BCUT2D eigenvalue weighted by Crippen LogP contribution is -2.59. The van der Waals surface area contributed by atoms with Crippen LogP contribution in [0.5, 0.6) is 0 Å². The first-order valence-corrected chi connectivity index (χ1v) is 12.7. The first kappa shape index (κ1) is 26.6. The zero-order valence-electron chi connectivity index (χ0n) is 22.1. The number of anilines is 1. The summed E-state index contributed by atoms with van der Waals surface area (Å²) in [6.07, 6.45) is 1.50. The normalized spacial score (nSPS) is 21.5. The number of hydrogen-bond donors (Lipinski definition) is 3. The molecule has 1 aromatic heterocycles. The van der Waals surface area contributed by atoms with Gasteiger partial charge in [0.2, 0.25) is 5.91 Å². The van der Waals surface area contributed by atoms with Crippen LogP contribution < -0.4 is 16.2 Å². The number of carbonyl (C=O) groups is 2. The second kappa shape index (κ2) is 10.5. The maximum atomic E-state index is 12.8. The summed E-state index contributed by atoms with van der Waals surface area (Å²) in [5.41, 5.74) is 2.43. The number of nitrogens with one attached hydrogen (secondary N) is 2. The zero-order chi connectivity index (χ0) is 26.9. The van der Waals surface area contributed by atoms with Gasteiger partial charge >= 0.3 is 5.97 Å². The molecule has 2 aliphatic rings. The van der Waals surface area contributed by atoms with E-state index in [9.17, 15) is 19.5 Å². The van der Waals surface area contributed by atoms with Gasteiger partial charge < -0.3 is 15.3 Å². The molecule has 10 nitrogen and oxygen atoms in total. The van der Waals surface area contributed by atoms with Gasteiger partial charge in [-0.15, -0.1) is 0 Å². The molecule has 1 aromatic carbocycles. The van der Waals surface area contributed by atoms with Gasteiger partial charge in [0.05, 0.1) is 6.54 Å². The summed E-state index contributed by atoms with van der Waals surface area (Å²) in [6.45, 7) is 10.5. The summed E-state index contributed by atoms with van der Waals surface area (Å²) in [5, 5.41) is 16.4. The van der Waals surface area contributed by atoms with Crippen LogP contribution in [0.25, 0.3) is 0 Å². The van der Waals surface area contributed by atoms with Crippen LogP contribution in [-0.2, 0) is 16.1 Å². The van der Waals surface area contributed by atoms with Crippen molar-refractivity contribution in [1.29, 1.82) is 0 Å². The number of fused-ring (bicyclic) bond motifs is 1. The van der Waals surface area contributed by atoms with E-state index in [2.05, 4.69) is 20.5 Å². The van der Waals surface area contributed by atoms with E-state index in [1.54, 1.807) is 15.5 Å². The Bertz CT molecular complexity index is 1250. The first-order chi connectivity index (χ1) is 17.5. The molecule has 4 rings (SSSR count). The molecule has 1 unspecified atom stereocenters. The summed E-state index contributed by atoms with van der Waals surface area (Å²) >= 11 is 0. The van der Waals surface area contributed by atoms with Crippen LogP contribution in [0.2, 0.25) is 0 Å². The number of carboxylic acids is 1. The molecular formula is C27H36N6O4. The second-order valence-corrected chi connectivity index (χ2v) is 10.4. The predicted molar refractivity (Wildman–Crippen MR) is 143 cm³/mol. The van der Waals surface area contributed by atoms with Crippen LogP contribution in [0, 0.1) is 5.92 Å². The largest absolute Gasteiger partial charge is 0.477 e. The number of carboxylic acid groups (broad SMARTS) is 1. The topological polar surface area (TPSA) is 119 Å². The third-order valence-electron chi connectivity index (χ3n) is 7.38. The Labute approximate surface area is 217 Å². The number of aliphatic imine (C=N–C) groups is 1. The van der Waals surface area contributed by atoms with Crippen molar-refractivity contribution in [1.82, 2.24) is 19.7 Å². The average molecular weight is 509 g/mol. The van der Waals surface area contributed by atoms with Crippen LogP contribution in [0.4, 0.5) is 5.82 Å². The number of carbonyl (C=O) groups excluding carboxylic acids is 1. The Morgan fingerprint density at radius 1 is 1.11 bits per heavy atom. The number of aliphatic carboxylic acids is 1. The van der Waals surface area contributed by atoms with E-state index in [1.807, 2.05) is 59.0 Å². The lowest BCUT2D eigenvalue weighted by atomic mass is 10.0. The van der Waals surface area contributed by atoms with E-state index in [0.717, 1.165) is 24.2 Å². The molecule has 1 amide bonds. The Morgan fingerprint density at radius 3 is 2.43 bits per heavy atom. The third kappa shape index (κ3) is 5.45. The molecule has 2 aromatic rings. The summed E-state index contributed by atoms with van der Waals surface area (Å²) in [6, 6.07) is 10.5. The number of pyridine rings is 1. The predicted octanol–water partition coefficient (Wildman–Crippen LogP) is 2.27. The monoisotopic (exact) mass is 508 g/mol. The van der Waals surface area contributed by atoms with Crippen LogP contribution in [0.15, 0.2) is 46.2 Å². The van der Waals surface area contributed by atoms with E-state index < -0.39 is 11.8 Å². The van der Waals surface area contributed by atoms with E-state index >= 15 is 0 Å². The van der Waals surface area contributed by atoms with Gasteiger partial charge in [-0.05, 0) is 37.0 Å². The number of aromatic nitrogens is 1. The lowest BCUT2D eigenvalue weighted by Gasteiger charge is -2.36. The number of hydrogen-bond acceptors (Lipinski definition) is 7. The van der Waals surface area contributed by atoms with Gasteiger partial charge in [0.15, 0.2) is 0 Å². The van der Waals surface area contributed by atoms with E-state index in [4.69, 9.17) is 0 Å². The van der Waals surface area contributed by atoms with Crippen LogP contribution in [-0.4, -0.2) is 70.0 Å². The first-order valence-electron chi connectivity index (χ1n) is 12.7. The molecule has 2 aliphatic heterocycles. The highest BCUT2D eigenvalue weighted by atomic mass is 16.4. The molecule has 198 valence electrons. The summed E-state index contributed by atoms with van der Waals surface area (Å²) in [5.74, 6) is -2.31. The van der Waals surface area contributed by atoms with Gasteiger partial charge in [0.1, 0.15) is 5.82 Å². The Morgan fingerprint density at radius 2 is 1.81 bits per heavy atom. The molecule has 3 heterocycles. The minimum absolute atomic E-state index is 0.120. The van der Waals surface area contributed by atoms with Gasteiger partial charge in [0.25, 0.3) is 11.3 Å². The number of rotatable bonds is 8. The fourth-order valence-electron chi connectivity index (χ4n) is 4.63. The molecule has 0 spiro atoms. The summed E-state index contributed by atoms with van der Waals surface area (Å²) in [7, 11) is 1.82. The number of amides is 1. The number of benzene rings is 1. The maximum absolute atomic E-state index is 12.8. The Hall–Kier alpha value is -3.50. The third-order valence-corrected chi connectivity index (χ3v) is 7.38. The molecule has 0 aliphatic carbocycles. The highest BCUT2D eigenvalue weighted by Crippen LogP contribution is 2.29. The number of nitrogens with zero attached hydrogens (tertiary/aromatic N) is 4. The van der Waals surface area contributed by atoms with E-state index in [1.165, 1.54) is 12.3 Å². The fourth-order valence-corrected chi connectivity index (χ4v) is 4.63. The molecule has 1 saturated heterocycles. The smallest absolute Gasteiger partial charge is 0.368 e. The highest BCUT2D eigenvalue weighted by Gasteiger charge is 2.43. The molecule has 0 saturated carbocycles. The number of piperazine rings is 1. The second-order valence-electron chi connectivity index (χ2n) is 10.4. The standard InChI is InChI=1S/C27H36N6O4/c1-17(2)19(4)33-23(34)11-10-22-14-28-27(26(36)37,30-25(22)33)29-18(3)21-8-6-20(7-9-21)15-32-13-12-31(5)24(35)16-32/h6-11,14,17-19,29-30H,12-13,15-16H2,1-5H3,(H,36,37)/t18-,19-,27?/m0/s1. The van der Waals surface area contributed by atoms with Gasteiger partial charge in [-0.3, -0.25) is 24.4 Å². The SMILES string of the molecule is CC(C)[C@H](C)n1c2c(ccc1=O)C=NC(N[C@@H](C)c1ccc(CN3CCN(C)C(=O)C3)cc1)(C(=O)O)N2.